The van der Waals surface area contributed by atoms with Gasteiger partial charge in [0, 0.05) is 23.9 Å². The van der Waals surface area contributed by atoms with E-state index in [1.165, 1.54) is 25.3 Å². The predicted octanol–water partition coefficient (Wildman–Crippen LogP) is 2.69. The quantitative estimate of drug-likeness (QED) is 0.733. The number of phenolic OH excluding ortho intramolecular Hbond substituents is 1. The van der Waals surface area contributed by atoms with Crippen LogP contribution in [0.25, 0.3) is 0 Å². The van der Waals surface area contributed by atoms with E-state index in [4.69, 9.17) is 10.5 Å². The fourth-order valence-electron chi connectivity index (χ4n) is 2.05. The number of nitrogens with two attached hydrogens (primary N) is 1. The second kappa shape index (κ2) is 4.43. The summed E-state index contributed by atoms with van der Waals surface area (Å²) in [5, 5.41) is 9.36. The smallest absolute Gasteiger partial charge is 0.125 e. The molecular formula is C12H17NO2. The maximum absolute atomic E-state index is 9.36. The highest BCUT2D eigenvalue weighted by molar-refractivity contribution is 5.49. The van der Waals surface area contributed by atoms with Gasteiger partial charge in [-0.1, -0.05) is 6.42 Å². The largest absolute Gasteiger partial charge is 0.508 e. The van der Waals surface area contributed by atoms with Gasteiger partial charge in [-0.25, -0.2) is 0 Å². The summed E-state index contributed by atoms with van der Waals surface area (Å²) in [6.07, 6.45) is 6.28. The number of nitrogen functional groups attached to an aromatic ring is 1. The number of hydrogen-bond donors (Lipinski definition) is 2. The third kappa shape index (κ3) is 2.78. The van der Waals surface area contributed by atoms with Gasteiger partial charge in [-0.3, -0.25) is 0 Å². The van der Waals surface area contributed by atoms with Gasteiger partial charge in [-0.15, -0.1) is 0 Å². The monoisotopic (exact) mass is 207 g/mol. The fraction of sp³-hybridized carbons (Fsp3) is 0.500. The van der Waals surface area contributed by atoms with Crippen LogP contribution in [0.3, 0.4) is 0 Å². The van der Waals surface area contributed by atoms with Crippen LogP contribution in [0.4, 0.5) is 5.69 Å². The normalized spacial score (nSPS) is 17.6. The zero-order valence-electron chi connectivity index (χ0n) is 8.78. The molecular weight excluding hydrogens is 190 g/mol. The minimum atomic E-state index is 0.167. The van der Waals surface area contributed by atoms with Gasteiger partial charge < -0.3 is 15.6 Å². The Hall–Kier alpha value is -1.38. The maximum atomic E-state index is 9.36. The van der Waals surface area contributed by atoms with Crippen LogP contribution in [0.2, 0.25) is 0 Å². The molecule has 0 saturated heterocycles. The van der Waals surface area contributed by atoms with Crippen molar-refractivity contribution in [1.29, 1.82) is 0 Å². The van der Waals surface area contributed by atoms with E-state index in [2.05, 4.69) is 0 Å². The molecule has 82 valence electrons. The molecule has 15 heavy (non-hydrogen) atoms. The van der Waals surface area contributed by atoms with E-state index in [0.717, 1.165) is 12.8 Å². The van der Waals surface area contributed by atoms with E-state index in [9.17, 15) is 5.11 Å². The first-order valence-electron chi connectivity index (χ1n) is 5.50. The van der Waals surface area contributed by atoms with Crippen LogP contribution in [0.5, 0.6) is 11.5 Å². The zero-order valence-corrected chi connectivity index (χ0v) is 8.78. The zero-order chi connectivity index (χ0) is 10.7. The van der Waals surface area contributed by atoms with E-state index in [1.807, 2.05) is 0 Å². The van der Waals surface area contributed by atoms with E-state index in [-0.39, 0.29) is 5.75 Å². The lowest BCUT2D eigenvalue weighted by Crippen LogP contribution is -2.19. The molecule has 0 aromatic heterocycles. The lowest BCUT2D eigenvalue weighted by Gasteiger charge is -2.23. The highest BCUT2D eigenvalue weighted by Gasteiger charge is 2.15. The molecule has 1 aliphatic carbocycles. The van der Waals surface area contributed by atoms with Crippen LogP contribution in [-0.4, -0.2) is 11.2 Å². The number of aromatic hydroxyl groups is 1. The highest BCUT2D eigenvalue weighted by atomic mass is 16.5. The van der Waals surface area contributed by atoms with Gasteiger partial charge >= 0.3 is 0 Å². The molecule has 0 heterocycles. The molecule has 0 amide bonds. The van der Waals surface area contributed by atoms with Crippen molar-refractivity contribution in [3.05, 3.63) is 18.2 Å². The summed E-state index contributed by atoms with van der Waals surface area (Å²) in [7, 11) is 0. The molecule has 0 radical (unpaired) electrons. The summed E-state index contributed by atoms with van der Waals surface area (Å²) < 4.78 is 5.78. The van der Waals surface area contributed by atoms with Crippen molar-refractivity contribution < 1.29 is 9.84 Å². The van der Waals surface area contributed by atoms with Crippen molar-refractivity contribution in [2.45, 2.75) is 38.2 Å². The minimum Gasteiger partial charge on any atom is -0.508 e. The molecule has 1 aromatic carbocycles. The Morgan fingerprint density at radius 3 is 2.53 bits per heavy atom. The van der Waals surface area contributed by atoms with Gasteiger partial charge in [0.2, 0.25) is 0 Å². The van der Waals surface area contributed by atoms with E-state index in [0.29, 0.717) is 17.5 Å². The molecule has 0 bridgehead atoms. The van der Waals surface area contributed by atoms with Gasteiger partial charge in [-0.2, -0.15) is 0 Å². The van der Waals surface area contributed by atoms with Crippen LogP contribution >= 0.6 is 0 Å². The predicted molar refractivity (Wildman–Crippen MR) is 60.0 cm³/mol. The summed E-state index contributed by atoms with van der Waals surface area (Å²) in [6.45, 7) is 0. The summed E-state index contributed by atoms with van der Waals surface area (Å²) in [6, 6.07) is 4.90. The fourth-order valence-corrected chi connectivity index (χ4v) is 2.05. The Bertz CT molecular complexity index is 312. The molecule has 1 aromatic rings. The van der Waals surface area contributed by atoms with Crippen molar-refractivity contribution in [3.63, 3.8) is 0 Å². The topological polar surface area (TPSA) is 55.5 Å². The number of phenols is 1. The van der Waals surface area contributed by atoms with Gasteiger partial charge in [-0.05, 0) is 25.7 Å². The molecule has 1 fully saturated rings. The lowest BCUT2D eigenvalue weighted by atomic mass is 9.98. The summed E-state index contributed by atoms with van der Waals surface area (Å²) in [4.78, 5) is 0. The third-order valence-electron chi connectivity index (χ3n) is 2.77. The van der Waals surface area contributed by atoms with E-state index >= 15 is 0 Å². The van der Waals surface area contributed by atoms with Crippen molar-refractivity contribution >= 4 is 5.69 Å². The lowest BCUT2D eigenvalue weighted by molar-refractivity contribution is 0.154. The molecule has 1 aliphatic rings. The standard InChI is InChI=1S/C12H17NO2/c13-9-6-10(14)8-12(7-9)15-11-4-2-1-3-5-11/h6-8,11,14H,1-5,13H2. The summed E-state index contributed by atoms with van der Waals surface area (Å²) in [5.41, 5.74) is 6.17. The van der Waals surface area contributed by atoms with E-state index in [1.54, 1.807) is 12.1 Å². The van der Waals surface area contributed by atoms with Gasteiger partial charge in [0.05, 0.1) is 6.10 Å². The Morgan fingerprint density at radius 2 is 1.87 bits per heavy atom. The Morgan fingerprint density at radius 1 is 1.13 bits per heavy atom. The molecule has 3 heteroatoms. The van der Waals surface area contributed by atoms with Gasteiger partial charge in [0.15, 0.2) is 0 Å². The average molecular weight is 207 g/mol. The van der Waals surface area contributed by atoms with Crippen LogP contribution in [0.1, 0.15) is 32.1 Å². The number of anilines is 1. The average Bonchev–Trinajstić information content (AvgIpc) is 2.17. The van der Waals surface area contributed by atoms with E-state index < -0.39 is 0 Å². The number of hydrogen-bond acceptors (Lipinski definition) is 3. The summed E-state index contributed by atoms with van der Waals surface area (Å²) >= 11 is 0. The van der Waals surface area contributed by atoms with Gasteiger partial charge in [0.1, 0.15) is 11.5 Å². The second-order valence-corrected chi connectivity index (χ2v) is 4.14. The first-order chi connectivity index (χ1) is 7.24. The van der Waals surface area contributed by atoms with Gasteiger partial charge in [0.25, 0.3) is 0 Å². The highest BCUT2D eigenvalue weighted by Crippen LogP contribution is 2.27. The number of rotatable bonds is 2. The van der Waals surface area contributed by atoms with Crippen LogP contribution in [-0.2, 0) is 0 Å². The van der Waals surface area contributed by atoms with Crippen molar-refractivity contribution in [2.75, 3.05) is 5.73 Å². The van der Waals surface area contributed by atoms with Crippen LogP contribution in [0.15, 0.2) is 18.2 Å². The SMILES string of the molecule is Nc1cc(O)cc(OC2CCCCC2)c1. The van der Waals surface area contributed by atoms with Crippen molar-refractivity contribution in [1.82, 2.24) is 0 Å². The number of ether oxygens (including phenoxy) is 1. The molecule has 0 spiro atoms. The third-order valence-corrected chi connectivity index (χ3v) is 2.77. The molecule has 0 aliphatic heterocycles. The minimum absolute atomic E-state index is 0.167. The maximum Gasteiger partial charge on any atom is 0.125 e. The van der Waals surface area contributed by atoms with Crippen LogP contribution in [0, 0.1) is 0 Å². The van der Waals surface area contributed by atoms with Crippen LogP contribution < -0.4 is 10.5 Å². The Labute approximate surface area is 89.9 Å². The Balaban J connectivity index is 2.02. The molecule has 0 unspecified atom stereocenters. The molecule has 2 rings (SSSR count). The first-order valence-corrected chi connectivity index (χ1v) is 5.50. The van der Waals surface area contributed by atoms with Crippen molar-refractivity contribution in [2.24, 2.45) is 0 Å². The molecule has 0 atom stereocenters. The molecule has 1 saturated carbocycles. The first kappa shape index (κ1) is 10.1. The molecule has 3 N–H and O–H groups in total. The summed E-state index contributed by atoms with van der Waals surface area (Å²) in [5.74, 6) is 0.847. The van der Waals surface area contributed by atoms with Crippen molar-refractivity contribution in [3.8, 4) is 11.5 Å². The second-order valence-electron chi connectivity index (χ2n) is 4.14. The Kier molecular flexibility index (Phi) is 2.99. The molecule has 3 nitrogen and oxygen atoms in total. The number of benzene rings is 1.